The molecule has 1 saturated heterocycles. The maximum Gasteiger partial charge on any atom is 0.0699 e. The molecule has 1 aliphatic carbocycles. The summed E-state index contributed by atoms with van der Waals surface area (Å²) < 4.78 is 11.1. The second kappa shape index (κ2) is 6.58. The fourth-order valence-corrected chi connectivity index (χ4v) is 2.77. The van der Waals surface area contributed by atoms with Crippen molar-refractivity contribution in [3.63, 3.8) is 0 Å². The van der Waals surface area contributed by atoms with Crippen molar-refractivity contribution in [1.29, 1.82) is 0 Å². The van der Waals surface area contributed by atoms with Crippen LogP contribution in [0.5, 0.6) is 0 Å². The van der Waals surface area contributed by atoms with E-state index in [2.05, 4.69) is 5.32 Å². The lowest BCUT2D eigenvalue weighted by Crippen LogP contribution is -2.40. The number of ether oxygens (including phenoxy) is 2. The van der Waals surface area contributed by atoms with Gasteiger partial charge < -0.3 is 14.8 Å². The molecule has 0 spiro atoms. The first kappa shape index (κ1) is 12.3. The van der Waals surface area contributed by atoms with Gasteiger partial charge in [0.2, 0.25) is 0 Å². The molecule has 1 aliphatic heterocycles. The Hall–Kier alpha value is -0.120. The van der Waals surface area contributed by atoms with Crippen LogP contribution < -0.4 is 5.32 Å². The molecule has 1 heterocycles. The molecule has 0 amide bonds. The van der Waals surface area contributed by atoms with Gasteiger partial charge in [-0.05, 0) is 44.9 Å². The molecule has 0 bridgehead atoms. The van der Waals surface area contributed by atoms with Crippen LogP contribution in [0, 0.1) is 0 Å². The van der Waals surface area contributed by atoms with Crippen molar-refractivity contribution in [2.45, 2.75) is 63.2 Å². The summed E-state index contributed by atoms with van der Waals surface area (Å²) in [4.78, 5) is 0. The molecule has 94 valence electrons. The molecular weight excluding hydrogens is 202 g/mol. The lowest BCUT2D eigenvalue weighted by atomic mass is 9.93. The van der Waals surface area contributed by atoms with Gasteiger partial charge >= 0.3 is 0 Å². The van der Waals surface area contributed by atoms with Crippen molar-refractivity contribution in [2.24, 2.45) is 0 Å². The van der Waals surface area contributed by atoms with Gasteiger partial charge in [0.15, 0.2) is 0 Å². The van der Waals surface area contributed by atoms with Crippen LogP contribution in [0.4, 0.5) is 0 Å². The number of nitrogens with one attached hydrogen (secondary N) is 1. The molecule has 1 atom stereocenters. The van der Waals surface area contributed by atoms with Crippen LogP contribution in [0.25, 0.3) is 0 Å². The standard InChI is InChI=1S/C13H25NO2/c1-15-12-7-5-11(6-8-12)14-10-13-4-2-3-9-16-13/h11-14H,2-10H2,1H3. The lowest BCUT2D eigenvalue weighted by molar-refractivity contribution is 0.0120. The minimum absolute atomic E-state index is 0.467. The van der Waals surface area contributed by atoms with Gasteiger partial charge in [0, 0.05) is 26.3 Å². The van der Waals surface area contributed by atoms with E-state index in [0.717, 1.165) is 13.2 Å². The molecule has 0 aromatic carbocycles. The van der Waals surface area contributed by atoms with Crippen LogP contribution in [-0.2, 0) is 9.47 Å². The van der Waals surface area contributed by atoms with Crippen LogP contribution in [0.3, 0.4) is 0 Å². The lowest BCUT2D eigenvalue weighted by Gasteiger charge is -2.30. The van der Waals surface area contributed by atoms with Crippen molar-refractivity contribution in [3.8, 4) is 0 Å². The smallest absolute Gasteiger partial charge is 0.0699 e. The van der Waals surface area contributed by atoms with E-state index in [1.165, 1.54) is 44.9 Å². The van der Waals surface area contributed by atoms with Crippen LogP contribution >= 0.6 is 0 Å². The Bertz CT molecular complexity index is 184. The molecule has 2 rings (SSSR count). The van der Waals surface area contributed by atoms with E-state index in [-0.39, 0.29) is 0 Å². The van der Waals surface area contributed by atoms with Crippen molar-refractivity contribution < 1.29 is 9.47 Å². The fraction of sp³-hybridized carbons (Fsp3) is 1.00. The van der Waals surface area contributed by atoms with Gasteiger partial charge in [-0.3, -0.25) is 0 Å². The van der Waals surface area contributed by atoms with Crippen LogP contribution in [-0.4, -0.2) is 38.5 Å². The van der Waals surface area contributed by atoms with Crippen molar-refractivity contribution >= 4 is 0 Å². The van der Waals surface area contributed by atoms with Crippen LogP contribution in [0.15, 0.2) is 0 Å². The molecule has 3 nitrogen and oxygen atoms in total. The quantitative estimate of drug-likeness (QED) is 0.798. The van der Waals surface area contributed by atoms with E-state index in [0.29, 0.717) is 18.2 Å². The maximum atomic E-state index is 5.72. The van der Waals surface area contributed by atoms with Gasteiger partial charge in [0.05, 0.1) is 12.2 Å². The highest BCUT2D eigenvalue weighted by molar-refractivity contribution is 4.79. The molecule has 1 saturated carbocycles. The van der Waals surface area contributed by atoms with Gasteiger partial charge in [0.1, 0.15) is 0 Å². The Morgan fingerprint density at radius 2 is 1.94 bits per heavy atom. The Balaban J connectivity index is 1.59. The topological polar surface area (TPSA) is 30.5 Å². The Kier molecular flexibility index (Phi) is 5.07. The average Bonchev–Trinajstić information content (AvgIpc) is 2.38. The van der Waals surface area contributed by atoms with Gasteiger partial charge in [-0.25, -0.2) is 0 Å². The van der Waals surface area contributed by atoms with E-state index in [1.54, 1.807) is 0 Å². The molecule has 2 fully saturated rings. The van der Waals surface area contributed by atoms with Gasteiger partial charge in [-0.1, -0.05) is 0 Å². The Morgan fingerprint density at radius 3 is 2.56 bits per heavy atom. The first-order valence-electron chi connectivity index (χ1n) is 6.76. The summed E-state index contributed by atoms with van der Waals surface area (Å²) in [5.74, 6) is 0. The number of hydrogen-bond acceptors (Lipinski definition) is 3. The summed E-state index contributed by atoms with van der Waals surface area (Å²) in [5.41, 5.74) is 0. The number of rotatable bonds is 4. The molecule has 0 radical (unpaired) electrons. The summed E-state index contributed by atoms with van der Waals surface area (Å²) in [6.07, 6.45) is 9.71. The third-order valence-electron chi connectivity index (χ3n) is 3.92. The highest BCUT2D eigenvalue weighted by Gasteiger charge is 2.21. The number of hydrogen-bond donors (Lipinski definition) is 1. The van der Waals surface area contributed by atoms with E-state index in [1.807, 2.05) is 7.11 Å². The number of methoxy groups -OCH3 is 1. The third kappa shape index (κ3) is 3.72. The van der Waals surface area contributed by atoms with Gasteiger partial charge in [-0.2, -0.15) is 0 Å². The molecule has 16 heavy (non-hydrogen) atoms. The zero-order valence-electron chi connectivity index (χ0n) is 10.4. The van der Waals surface area contributed by atoms with E-state index in [9.17, 15) is 0 Å². The van der Waals surface area contributed by atoms with Crippen molar-refractivity contribution in [3.05, 3.63) is 0 Å². The predicted molar refractivity (Wildman–Crippen MR) is 64.6 cm³/mol. The van der Waals surface area contributed by atoms with Crippen LogP contribution in [0.2, 0.25) is 0 Å². The third-order valence-corrected chi connectivity index (χ3v) is 3.92. The Labute approximate surface area is 98.9 Å². The molecule has 0 aromatic heterocycles. The summed E-state index contributed by atoms with van der Waals surface area (Å²) in [7, 11) is 1.83. The average molecular weight is 227 g/mol. The second-order valence-corrected chi connectivity index (χ2v) is 5.11. The molecule has 1 N–H and O–H groups in total. The van der Waals surface area contributed by atoms with Crippen LogP contribution in [0.1, 0.15) is 44.9 Å². The minimum atomic E-state index is 0.467. The van der Waals surface area contributed by atoms with E-state index in [4.69, 9.17) is 9.47 Å². The van der Waals surface area contributed by atoms with E-state index >= 15 is 0 Å². The summed E-state index contributed by atoms with van der Waals surface area (Å²) in [6.45, 7) is 2.01. The predicted octanol–water partition coefficient (Wildman–Crippen LogP) is 2.10. The highest BCUT2D eigenvalue weighted by atomic mass is 16.5. The van der Waals surface area contributed by atoms with Crippen molar-refractivity contribution in [2.75, 3.05) is 20.3 Å². The van der Waals surface area contributed by atoms with Gasteiger partial charge in [0.25, 0.3) is 0 Å². The zero-order valence-corrected chi connectivity index (χ0v) is 10.4. The fourth-order valence-electron chi connectivity index (χ4n) is 2.77. The summed E-state index contributed by atoms with van der Waals surface area (Å²) in [6, 6.07) is 0.692. The monoisotopic (exact) mass is 227 g/mol. The molecule has 0 aromatic rings. The Morgan fingerprint density at radius 1 is 1.12 bits per heavy atom. The minimum Gasteiger partial charge on any atom is -0.381 e. The molecule has 2 aliphatic rings. The first-order chi connectivity index (χ1) is 7.88. The molecular formula is C13H25NO2. The largest absolute Gasteiger partial charge is 0.381 e. The summed E-state index contributed by atoms with van der Waals surface area (Å²) >= 11 is 0. The maximum absolute atomic E-state index is 5.72. The molecule has 1 unspecified atom stereocenters. The highest BCUT2D eigenvalue weighted by Crippen LogP contribution is 2.21. The summed E-state index contributed by atoms with van der Waals surface area (Å²) in [5, 5.41) is 3.66. The zero-order chi connectivity index (χ0) is 11.2. The normalized spacial score (nSPS) is 36.2. The molecule has 3 heteroatoms. The SMILES string of the molecule is COC1CCC(NCC2CCCCO2)CC1. The first-order valence-corrected chi connectivity index (χ1v) is 6.76. The second-order valence-electron chi connectivity index (χ2n) is 5.11. The van der Waals surface area contributed by atoms with E-state index < -0.39 is 0 Å². The van der Waals surface area contributed by atoms with Crippen molar-refractivity contribution in [1.82, 2.24) is 5.32 Å². The van der Waals surface area contributed by atoms with Gasteiger partial charge in [-0.15, -0.1) is 0 Å².